The number of benzene rings is 1. The summed E-state index contributed by atoms with van der Waals surface area (Å²) in [4.78, 5) is 25.0. The van der Waals surface area contributed by atoms with Gasteiger partial charge in [-0.1, -0.05) is 25.7 Å². The Balaban J connectivity index is 1.48. The van der Waals surface area contributed by atoms with Crippen molar-refractivity contribution < 1.29 is 18.0 Å². The van der Waals surface area contributed by atoms with Gasteiger partial charge in [-0.15, -0.1) is 11.6 Å². The molecule has 2 aromatic rings. The molecule has 7 nitrogen and oxygen atoms in total. The van der Waals surface area contributed by atoms with E-state index in [0.29, 0.717) is 42.7 Å². The first-order chi connectivity index (χ1) is 18.2. The number of amides is 1. The molecule has 2 heterocycles. The van der Waals surface area contributed by atoms with Crippen LogP contribution in [-0.4, -0.2) is 72.0 Å². The molecule has 0 unspecified atom stereocenters. The van der Waals surface area contributed by atoms with Gasteiger partial charge >= 0.3 is 6.18 Å². The van der Waals surface area contributed by atoms with Gasteiger partial charge in [-0.2, -0.15) is 18.2 Å². The molecule has 4 rings (SSSR count). The Hall–Kier alpha value is -2.33. The number of rotatable bonds is 9. The van der Waals surface area contributed by atoms with Crippen LogP contribution >= 0.6 is 11.6 Å². The normalized spacial score (nSPS) is 18.3. The van der Waals surface area contributed by atoms with Gasteiger partial charge in [0.05, 0.1) is 11.1 Å². The number of alkyl halides is 4. The molecule has 210 valence electrons. The summed E-state index contributed by atoms with van der Waals surface area (Å²) in [6.45, 7) is 2.99. The van der Waals surface area contributed by atoms with Crippen LogP contribution in [0.15, 0.2) is 18.2 Å². The molecule has 0 spiro atoms. The summed E-state index contributed by atoms with van der Waals surface area (Å²) in [5.74, 6) is 0.570. The summed E-state index contributed by atoms with van der Waals surface area (Å²) < 4.78 is 40.3. The van der Waals surface area contributed by atoms with Gasteiger partial charge in [0, 0.05) is 50.7 Å². The fourth-order valence-electron chi connectivity index (χ4n) is 5.49. The first kappa shape index (κ1) is 28.7. The third-order valence-electron chi connectivity index (χ3n) is 7.68. The number of nitrogens with one attached hydrogen (secondary N) is 2. The Labute approximate surface area is 227 Å². The van der Waals surface area contributed by atoms with Crippen LogP contribution in [0.2, 0.25) is 0 Å². The van der Waals surface area contributed by atoms with Gasteiger partial charge in [0.2, 0.25) is 11.9 Å². The molecule has 1 aromatic heterocycles. The lowest BCUT2D eigenvalue weighted by molar-refractivity contribution is -0.137. The number of hydrogen-bond donors (Lipinski definition) is 2. The van der Waals surface area contributed by atoms with Crippen LogP contribution in [0, 0.1) is 0 Å². The fourth-order valence-corrected chi connectivity index (χ4v) is 5.59. The van der Waals surface area contributed by atoms with Gasteiger partial charge in [0.1, 0.15) is 11.7 Å². The highest BCUT2D eigenvalue weighted by Gasteiger charge is 2.31. The number of nitrogens with zero attached hydrogens (tertiary/aromatic N) is 4. The minimum absolute atomic E-state index is 0.0974. The third kappa shape index (κ3) is 7.62. The molecule has 0 atom stereocenters. The summed E-state index contributed by atoms with van der Waals surface area (Å²) in [5, 5.41) is 6.83. The maximum absolute atomic E-state index is 13.4. The molecule has 1 amide bonds. The van der Waals surface area contributed by atoms with Crippen molar-refractivity contribution in [3.8, 4) is 0 Å². The Kier molecular flexibility index (Phi) is 9.92. The van der Waals surface area contributed by atoms with Crippen molar-refractivity contribution in [3.05, 3.63) is 23.8 Å². The van der Waals surface area contributed by atoms with E-state index in [9.17, 15) is 18.0 Å². The van der Waals surface area contributed by atoms with Gasteiger partial charge in [0.25, 0.3) is 0 Å². The van der Waals surface area contributed by atoms with E-state index in [1.165, 1.54) is 44.6 Å². The minimum Gasteiger partial charge on any atom is -0.367 e. The second-order valence-electron chi connectivity index (χ2n) is 10.5. The molecule has 38 heavy (non-hydrogen) atoms. The molecule has 2 aliphatic rings. The SMILES string of the molecule is CN(CCCNC(=O)CCl)c1nc(NC2CCN(C3CCCCCC3)CC2)c2ccc(C(F)(F)F)cc2n1. The number of carbonyl (C=O) groups excluding carboxylic acids is 1. The largest absolute Gasteiger partial charge is 0.416 e. The van der Waals surface area contributed by atoms with Crippen LogP contribution in [0.1, 0.15) is 63.4 Å². The summed E-state index contributed by atoms with van der Waals surface area (Å²) in [5.41, 5.74) is -0.478. The molecule has 1 saturated heterocycles. The van der Waals surface area contributed by atoms with E-state index in [4.69, 9.17) is 16.6 Å². The smallest absolute Gasteiger partial charge is 0.367 e. The second kappa shape index (κ2) is 13.2. The molecule has 1 aromatic carbocycles. The maximum atomic E-state index is 13.4. The Morgan fingerprint density at radius 2 is 1.82 bits per heavy atom. The molecular formula is C27H38ClF3N6O. The molecule has 2 N–H and O–H groups in total. The van der Waals surface area contributed by atoms with Gasteiger partial charge < -0.3 is 20.4 Å². The summed E-state index contributed by atoms with van der Waals surface area (Å²) in [6, 6.07) is 4.52. The van der Waals surface area contributed by atoms with Crippen molar-refractivity contribution >= 4 is 40.2 Å². The first-order valence-corrected chi connectivity index (χ1v) is 14.2. The molecule has 0 bridgehead atoms. The summed E-state index contributed by atoms with van der Waals surface area (Å²) in [7, 11) is 1.80. The number of halogens is 4. The number of aromatic nitrogens is 2. The van der Waals surface area contributed by atoms with Gasteiger partial charge in [-0.05, 0) is 50.3 Å². The van der Waals surface area contributed by atoms with E-state index in [0.717, 1.165) is 38.1 Å². The van der Waals surface area contributed by atoms with Crippen LogP contribution in [0.4, 0.5) is 24.9 Å². The highest BCUT2D eigenvalue weighted by atomic mass is 35.5. The third-order valence-corrected chi connectivity index (χ3v) is 7.92. The zero-order valence-corrected chi connectivity index (χ0v) is 22.8. The second-order valence-corrected chi connectivity index (χ2v) is 10.7. The van der Waals surface area contributed by atoms with Crippen molar-refractivity contribution in [3.63, 3.8) is 0 Å². The fraction of sp³-hybridized carbons (Fsp3) is 0.667. The maximum Gasteiger partial charge on any atom is 0.416 e. The monoisotopic (exact) mass is 554 g/mol. The van der Waals surface area contributed by atoms with Crippen molar-refractivity contribution in [2.75, 3.05) is 49.3 Å². The Morgan fingerprint density at radius 3 is 2.47 bits per heavy atom. The van der Waals surface area contributed by atoms with E-state index < -0.39 is 11.7 Å². The highest BCUT2D eigenvalue weighted by Crippen LogP contribution is 2.34. The topological polar surface area (TPSA) is 73.4 Å². The Morgan fingerprint density at radius 1 is 1.11 bits per heavy atom. The van der Waals surface area contributed by atoms with Gasteiger partial charge in [0.15, 0.2) is 0 Å². The molecule has 11 heteroatoms. The van der Waals surface area contributed by atoms with Crippen LogP contribution in [-0.2, 0) is 11.0 Å². The number of carbonyl (C=O) groups is 1. The standard InChI is InChI=1S/C27H38ClF3N6O/c1-36(14-6-13-32-24(38)18-28)26-34-23-17-19(27(29,30)31)9-10-22(23)25(35-26)33-20-11-15-37(16-12-20)21-7-4-2-3-5-8-21/h9-10,17,20-21H,2-8,11-16,18H2,1H3,(H,32,38)(H,33,34,35). The molecule has 0 radical (unpaired) electrons. The number of anilines is 2. The Bertz CT molecular complexity index is 1070. The molecular weight excluding hydrogens is 517 g/mol. The van der Waals surface area contributed by atoms with Crippen LogP contribution in [0.5, 0.6) is 0 Å². The average molecular weight is 555 g/mol. The van der Waals surface area contributed by atoms with E-state index in [-0.39, 0.29) is 23.3 Å². The lowest BCUT2D eigenvalue weighted by Crippen LogP contribution is -2.44. The lowest BCUT2D eigenvalue weighted by Gasteiger charge is -2.38. The highest BCUT2D eigenvalue weighted by molar-refractivity contribution is 6.27. The van der Waals surface area contributed by atoms with Gasteiger partial charge in [-0.3, -0.25) is 4.79 Å². The molecule has 2 fully saturated rings. The van der Waals surface area contributed by atoms with Crippen molar-refractivity contribution in [1.29, 1.82) is 0 Å². The first-order valence-electron chi connectivity index (χ1n) is 13.7. The minimum atomic E-state index is -4.45. The number of hydrogen-bond acceptors (Lipinski definition) is 6. The zero-order valence-electron chi connectivity index (χ0n) is 22.0. The number of piperidine rings is 1. The van der Waals surface area contributed by atoms with Crippen molar-refractivity contribution in [1.82, 2.24) is 20.2 Å². The van der Waals surface area contributed by atoms with E-state index >= 15 is 0 Å². The van der Waals surface area contributed by atoms with E-state index in [1.807, 2.05) is 0 Å². The number of fused-ring (bicyclic) bond motifs is 1. The van der Waals surface area contributed by atoms with Crippen molar-refractivity contribution in [2.45, 2.75) is 76.0 Å². The zero-order chi connectivity index (χ0) is 27.1. The van der Waals surface area contributed by atoms with E-state index in [2.05, 4.69) is 20.5 Å². The van der Waals surface area contributed by atoms with Crippen molar-refractivity contribution in [2.24, 2.45) is 0 Å². The lowest BCUT2D eigenvalue weighted by atomic mass is 9.99. The predicted molar refractivity (Wildman–Crippen MR) is 146 cm³/mol. The average Bonchev–Trinajstić information content (AvgIpc) is 3.20. The number of likely N-dealkylation sites (tertiary alicyclic amines) is 1. The van der Waals surface area contributed by atoms with Crippen LogP contribution in [0.3, 0.4) is 0 Å². The molecule has 1 aliphatic heterocycles. The summed E-state index contributed by atoms with van der Waals surface area (Å²) in [6.07, 6.45) is 5.95. The molecule has 1 aliphatic carbocycles. The quantitative estimate of drug-likeness (QED) is 0.245. The van der Waals surface area contributed by atoms with E-state index in [1.54, 1.807) is 11.9 Å². The van der Waals surface area contributed by atoms with Gasteiger partial charge in [-0.25, -0.2) is 4.98 Å². The predicted octanol–water partition coefficient (Wildman–Crippen LogP) is 5.43. The summed E-state index contributed by atoms with van der Waals surface area (Å²) >= 11 is 5.51. The molecule has 1 saturated carbocycles. The van der Waals surface area contributed by atoms with Crippen LogP contribution in [0.25, 0.3) is 10.9 Å². The van der Waals surface area contributed by atoms with Crippen LogP contribution < -0.4 is 15.5 Å².